The fourth-order valence-electron chi connectivity index (χ4n) is 2.88. The van der Waals surface area contributed by atoms with Crippen LogP contribution in [0.15, 0.2) is 0 Å². The predicted octanol–water partition coefficient (Wildman–Crippen LogP) is 2.50. The molecule has 1 fully saturated rings. The van der Waals surface area contributed by atoms with E-state index in [9.17, 15) is 8.42 Å². The summed E-state index contributed by atoms with van der Waals surface area (Å²) in [5, 5.41) is 4.74. The molecule has 2 unspecified atom stereocenters. The first-order chi connectivity index (χ1) is 9.89. The number of rotatable bonds is 7. The zero-order chi connectivity index (χ0) is 15.5. The number of aryl methyl sites for hydroxylation is 2. The van der Waals surface area contributed by atoms with Gasteiger partial charge < -0.3 is 5.32 Å². The van der Waals surface area contributed by atoms with Crippen molar-refractivity contribution < 1.29 is 8.42 Å². The molecule has 0 saturated carbocycles. The van der Waals surface area contributed by atoms with E-state index in [0.29, 0.717) is 23.5 Å². The first-order valence-electron chi connectivity index (χ1n) is 7.76. The van der Waals surface area contributed by atoms with Crippen molar-refractivity contribution in [2.75, 3.05) is 18.1 Å². The molecule has 0 bridgehead atoms. The van der Waals surface area contributed by atoms with Gasteiger partial charge >= 0.3 is 0 Å². The third-order valence-electron chi connectivity index (χ3n) is 4.12. The lowest BCUT2D eigenvalue weighted by Crippen LogP contribution is -2.34. The lowest BCUT2D eigenvalue weighted by atomic mass is 9.97. The van der Waals surface area contributed by atoms with E-state index in [1.54, 1.807) is 11.3 Å². The molecule has 0 aromatic carbocycles. The average Bonchev–Trinajstić information content (AvgIpc) is 2.89. The molecule has 1 aromatic heterocycles. The molecular formula is C15H26N2O2S2. The van der Waals surface area contributed by atoms with Crippen molar-refractivity contribution in [3.05, 3.63) is 15.6 Å². The van der Waals surface area contributed by atoms with Gasteiger partial charge in [-0.25, -0.2) is 13.4 Å². The van der Waals surface area contributed by atoms with Crippen molar-refractivity contribution in [2.45, 2.75) is 52.5 Å². The maximum Gasteiger partial charge on any atom is 0.150 e. The third-order valence-corrected chi connectivity index (χ3v) is 7.05. The minimum absolute atomic E-state index is 0.312. The number of hydrogen-bond donors (Lipinski definition) is 1. The fraction of sp³-hybridized carbons (Fsp3) is 0.800. The van der Waals surface area contributed by atoms with Crippen molar-refractivity contribution >= 4 is 21.2 Å². The molecule has 2 atom stereocenters. The largest absolute Gasteiger partial charge is 0.314 e. The van der Waals surface area contributed by atoms with E-state index in [2.05, 4.69) is 24.1 Å². The van der Waals surface area contributed by atoms with Gasteiger partial charge in [0.15, 0.2) is 9.84 Å². The van der Waals surface area contributed by atoms with Crippen molar-refractivity contribution in [1.29, 1.82) is 0 Å². The van der Waals surface area contributed by atoms with Crippen LogP contribution in [0.1, 0.15) is 41.8 Å². The van der Waals surface area contributed by atoms with Crippen LogP contribution in [0.3, 0.4) is 0 Å². The second kappa shape index (κ2) is 7.20. The standard InChI is InChI=1S/C15H26N2O2S2/c1-4-6-16-14(8-13-5-7-21(18,19)10-13)9-15-17-11(2)12(3)20-15/h13-14,16H,4-10H2,1-3H3. The minimum atomic E-state index is -2.78. The number of thiazole rings is 1. The van der Waals surface area contributed by atoms with E-state index < -0.39 is 9.84 Å². The molecule has 2 heterocycles. The van der Waals surface area contributed by atoms with E-state index in [4.69, 9.17) is 0 Å². The maximum atomic E-state index is 11.6. The van der Waals surface area contributed by atoms with Crippen LogP contribution in [0.25, 0.3) is 0 Å². The Bertz CT molecular complexity index is 547. The summed E-state index contributed by atoms with van der Waals surface area (Å²) in [7, 11) is -2.78. The fourth-order valence-corrected chi connectivity index (χ4v) is 5.78. The Morgan fingerprint density at radius 1 is 1.43 bits per heavy atom. The molecule has 1 aliphatic heterocycles. The highest BCUT2D eigenvalue weighted by Crippen LogP contribution is 2.25. The van der Waals surface area contributed by atoms with Crippen molar-refractivity contribution in [3.8, 4) is 0 Å². The van der Waals surface area contributed by atoms with Crippen molar-refractivity contribution in [3.63, 3.8) is 0 Å². The first-order valence-corrected chi connectivity index (χ1v) is 10.4. The van der Waals surface area contributed by atoms with Crippen LogP contribution in [-0.2, 0) is 16.3 Å². The SMILES string of the molecule is CCCNC(Cc1nc(C)c(C)s1)CC1CCS(=O)(=O)C1. The van der Waals surface area contributed by atoms with Crippen LogP contribution < -0.4 is 5.32 Å². The van der Waals surface area contributed by atoms with Crippen LogP contribution in [0.4, 0.5) is 0 Å². The van der Waals surface area contributed by atoms with Gasteiger partial charge in [-0.05, 0) is 45.6 Å². The second-order valence-corrected chi connectivity index (χ2v) is 9.63. The summed E-state index contributed by atoms with van der Waals surface area (Å²) in [6.07, 6.45) is 3.77. The topological polar surface area (TPSA) is 59.1 Å². The van der Waals surface area contributed by atoms with Gasteiger partial charge in [-0.15, -0.1) is 11.3 Å². The Morgan fingerprint density at radius 3 is 2.71 bits per heavy atom. The molecule has 1 saturated heterocycles. The van der Waals surface area contributed by atoms with Crippen LogP contribution >= 0.6 is 11.3 Å². The van der Waals surface area contributed by atoms with Crippen molar-refractivity contribution in [1.82, 2.24) is 10.3 Å². The van der Waals surface area contributed by atoms with Gasteiger partial charge in [-0.3, -0.25) is 0 Å². The van der Waals surface area contributed by atoms with Gasteiger partial charge in [0.05, 0.1) is 22.2 Å². The molecule has 21 heavy (non-hydrogen) atoms. The van der Waals surface area contributed by atoms with Crippen LogP contribution in [0, 0.1) is 19.8 Å². The van der Waals surface area contributed by atoms with E-state index in [-0.39, 0.29) is 0 Å². The first kappa shape index (κ1) is 16.9. The van der Waals surface area contributed by atoms with Crippen molar-refractivity contribution in [2.24, 2.45) is 5.92 Å². The van der Waals surface area contributed by atoms with Gasteiger partial charge in [0.25, 0.3) is 0 Å². The summed E-state index contributed by atoms with van der Waals surface area (Å²) < 4.78 is 23.2. The lowest BCUT2D eigenvalue weighted by Gasteiger charge is -2.20. The quantitative estimate of drug-likeness (QED) is 0.834. The smallest absolute Gasteiger partial charge is 0.150 e. The number of hydrogen-bond acceptors (Lipinski definition) is 5. The molecule has 1 N–H and O–H groups in total. The minimum Gasteiger partial charge on any atom is -0.314 e. The highest BCUT2D eigenvalue weighted by molar-refractivity contribution is 7.91. The summed E-state index contributed by atoms with van der Waals surface area (Å²) in [6.45, 7) is 7.29. The van der Waals surface area contributed by atoms with Gasteiger partial charge in [0, 0.05) is 17.3 Å². The molecule has 6 heteroatoms. The monoisotopic (exact) mass is 330 g/mol. The molecule has 0 aliphatic carbocycles. The molecule has 1 aliphatic rings. The summed E-state index contributed by atoms with van der Waals surface area (Å²) in [5.74, 6) is 1.05. The Labute approximate surface area is 132 Å². The summed E-state index contributed by atoms with van der Waals surface area (Å²) in [5.41, 5.74) is 1.12. The van der Waals surface area contributed by atoms with E-state index in [1.165, 1.54) is 9.88 Å². The van der Waals surface area contributed by atoms with Gasteiger partial charge in [0.2, 0.25) is 0 Å². The van der Waals surface area contributed by atoms with E-state index in [0.717, 1.165) is 37.9 Å². The van der Waals surface area contributed by atoms with E-state index >= 15 is 0 Å². The molecule has 0 amide bonds. The van der Waals surface area contributed by atoms with Crippen LogP contribution in [0.2, 0.25) is 0 Å². The molecule has 2 rings (SSSR count). The molecule has 120 valence electrons. The summed E-state index contributed by atoms with van der Waals surface area (Å²) in [4.78, 5) is 5.90. The molecule has 0 spiro atoms. The predicted molar refractivity (Wildman–Crippen MR) is 88.8 cm³/mol. The summed E-state index contributed by atoms with van der Waals surface area (Å²) in [6, 6.07) is 0.341. The zero-order valence-corrected chi connectivity index (χ0v) is 14.8. The lowest BCUT2D eigenvalue weighted by molar-refractivity contribution is 0.402. The average molecular weight is 331 g/mol. The Hall–Kier alpha value is -0.460. The number of aromatic nitrogens is 1. The van der Waals surface area contributed by atoms with Crippen LogP contribution in [-0.4, -0.2) is 37.5 Å². The van der Waals surface area contributed by atoms with E-state index in [1.807, 2.05) is 6.92 Å². The van der Waals surface area contributed by atoms with Gasteiger partial charge in [-0.1, -0.05) is 6.92 Å². The second-order valence-electron chi connectivity index (χ2n) is 6.11. The molecule has 1 aromatic rings. The molecule has 0 radical (unpaired) electrons. The number of sulfone groups is 1. The number of nitrogens with zero attached hydrogens (tertiary/aromatic N) is 1. The maximum absolute atomic E-state index is 11.6. The Morgan fingerprint density at radius 2 is 2.19 bits per heavy atom. The Balaban J connectivity index is 1.97. The van der Waals surface area contributed by atoms with Gasteiger partial charge in [0.1, 0.15) is 0 Å². The highest BCUT2D eigenvalue weighted by Gasteiger charge is 2.30. The third kappa shape index (κ3) is 5.04. The normalized spacial score (nSPS) is 22.5. The van der Waals surface area contributed by atoms with Crippen LogP contribution in [0.5, 0.6) is 0 Å². The highest BCUT2D eigenvalue weighted by atomic mass is 32.2. The Kier molecular flexibility index (Phi) is 5.80. The molecule has 4 nitrogen and oxygen atoms in total. The molecular weight excluding hydrogens is 304 g/mol. The number of nitrogens with one attached hydrogen (secondary N) is 1. The zero-order valence-electron chi connectivity index (χ0n) is 13.2. The summed E-state index contributed by atoms with van der Waals surface area (Å²) >= 11 is 1.76. The van der Waals surface area contributed by atoms with Gasteiger partial charge in [-0.2, -0.15) is 0 Å².